The molecule has 8 heteroatoms. The molecule has 1 unspecified atom stereocenters. The monoisotopic (exact) mass is 618 g/mol. The van der Waals surface area contributed by atoms with Crippen LogP contribution in [0.3, 0.4) is 0 Å². The standard InChI is InChI=1S/C36H40N6O2.C2H6/c1-6-25(7-2)27-12-14-30(15-13-27)39-36(43)29-11-9-10-28(22-29)32-24-42-19-18-37-35(42)34(40-32)38-31-16-17-33(26(8-3)23-31)44-21-20-41(4)5;1-2/h6-7,9-16,18-19,22-24,33H,1,8,17,20-21H2,2-5H3,(H,38,40)(H,39,43);1-2H3/b25-7+;. The zero-order valence-electron chi connectivity index (χ0n) is 27.9. The third-order valence-electron chi connectivity index (χ3n) is 7.64. The molecule has 2 heterocycles. The topological polar surface area (TPSA) is 83.8 Å². The molecule has 0 spiro atoms. The number of hydrogen-bond donors (Lipinski definition) is 2. The number of ether oxygens (including phenoxy) is 1. The normalized spacial score (nSPS) is 14.7. The van der Waals surface area contributed by atoms with E-state index in [1.807, 2.05) is 92.2 Å². The highest BCUT2D eigenvalue weighted by Gasteiger charge is 2.19. The van der Waals surface area contributed by atoms with Crippen LogP contribution in [-0.2, 0) is 4.74 Å². The molecule has 2 N–H and O–H groups in total. The van der Waals surface area contributed by atoms with Crippen LogP contribution in [0.5, 0.6) is 0 Å². The number of benzene rings is 2. The maximum Gasteiger partial charge on any atom is 0.255 e. The van der Waals surface area contributed by atoms with E-state index in [0.717, 1.165) is 58.8 Å². The van der Waals surface area contributed by atoms with Crippen molar-refractivity contribution in [1.82, 2.24) is 19.3 Å². The maximum absolute atomic E-state index is 13.2. The van der Waals surface area contributed by atoms with Gasteiger partial charge >= 0.3 is 0 Å². The molecule has 1 atom stereocenters. The van der Waals surface area contributed by atoms with Crippen molar-refractivity contribution in [1.29, 1.82) is 0 Å². The largest absolute Gasteiger partial charge is 0.372 e. The van der Waals surface area contributed by atoms with E-state index in [-0.39, 0.29) is 12.0 Å². The molecule has 1 amide bonds. The molecule has 0 radical (unpaired) electrons. The number of nitrogens with zero attached hydrogens (tertiary/aromatic N) is 4. The molecule has 1 aliphatic carbocycles. The van der Waals surface area contributed by atoms with Crippen molar-refractivity contribution < 1.29 is 9.53 Å². The van der Waals surface area contributed by atoms with E-state index in [1.54, 1.807) is 12.3 Å². The van der Waals surface area contributed by atoms with Gasteiger partial charge in [0.1, 0.15) is 0 Å². The molecular formula is C38H46N6O2. The highest BCUT2D eigenvalue weighted by atomic mass is 16.5. The van der Waals surface area contributed by atoms with Gasteiger partial charge in [-0.05, 0) is 80.9 Å². The first-order valence-corrected chi connectivity index (χ1v) is 16.0. The molecule has 240 valence electrons. The molecule has 8 nitrogen and oxygen atoms in total. The summed E-state index contributed by atoms with van der Waals surface area (Å²) in [5, 5.41) is 6.51. The number of rotatable bonds is 12. The molecule has 1 aliphatic rings. The fourth-order valence-corrected chi connectivity index (χ4v) is 5.17. The van der Waals surface area contributed by atoms with Crippen LogP contribution in [0, 0.1) is 0 Å². The lowest BCUT2D eigenvalue weighted by Crippen LogP contribution is -2.25. The number of nitrogens with one attached hydrogen (secondary N) is 2. The van der Waals surface area contributed by atoms with Crippen molar-refractivity contribution >= 4 is 28.6 Å². The van der Waals surface area contributed by atoms with Crippen molar-refractivity contribution in [2.45, 2.75) is 46.6 Å². The average Bonchev–Trinajstić information content (AvgIpc) is 3.57. The first-order valence-electron chi connectivity index (χ1n) is 16.0. The quantitative estimate of drug-likeness (QED) is 0.156. The minimum atomic E-state index is -0.191. The SMILES string of the molecule is C=C/C(=C\C)c1ccc(NC(=O)c2cccc(-c3cn4ccnc4c(NC4=CCC(OCCN(C)C)C(CC)=C4)n3)c2)cc1.CC. The molecule has 0 aliphatic heterocycles. The lowest BCUT2D eigenvalue weighted by molar-refractivity contribution is 0.0657. The summed E-state index contributed by atoms with van der Waals surface area (Å²) in [6, 6.07) is 15.2. The van der Waals surface area contributed by atoms with Gasteiger partial charge in [-0.25, -0.2) is 9.97 Å². The van der Waals surface area contributed by atoms with E-state index >= 15 is 0 Å². The lowest BCUT2D eigenvalue weighted by Gasteiger charge is -2.25. The fraction of sp³-hybridized carbons (Fsp3) is 0.289. The van der Waals surface area contributed by atoms with Gasteiger partial charge in [-0.15, -0.1) is 0 Å². The molecule has 2 aromatic carbocycles. The Morgan fingerprint density at radius 2 is 1.93 bits per heavy atom. The number of carbonyl (C=O) groups is 1. The van der Waals surface area contributed by atoms with Crippen molar-refractivity contribution in [2.24, 2.45) is 0 Å². The summed E-state index contributed by atoms with van der Waals surface area (Å²) in [4.78, 5) is 24.8. The first kappa shape index (κ1) is 34.1. The second-order valence-electron chi connectivity index (χ2n) is 10.9. The number of hydrogen-bond acceptors (Lipinski definition) is 6. The van der Waals surface area contributed by atoms with E-state index in [9.17, 15) is 4.79 Å². The first-order chi connectivity index (χ1) is 22.4. The number of fused-ring (bicyclic) bond motifs is 1. The summed E-state index contributed by atoms with van der Waals surface area (Å²) in [7, 11) is 4.10. The van der Waals surface area contributed by atoms with Crippen LogP contribution < -0.4 is 10.6 Å². The third kappa shape index (κ3) is 8.47. The van der Waals surface area contributed by atoms with E-state index in [2.05, 4.69) is 60.3 Å². The fourth-order valence-electron chi connectivity index (χ4n) is 5.17. The summed E-state index contributed by atoms with van der Waals surface area (Å²) >= 11 is 0. The van der Waals surface area contributed by atoms with Crippen LogP contribution in [0.25, 0.3) is 22.5 Å². The Bertz CT molecular complexity index is 1730. The number of anilines is 2. The predicted octanol–water partition coefficient (Wildman–Crippen LogP) is 8.25. The van der Waals surface area contributed by atoms with Crippen molar-refractivity contribution in [3.63, 3.8) is 0 Å². The molecule has 0 saturated carbocycles. The highest BCUT2D eigenvalue weighted by molar-refractivity contribution is 6.05. The molecule has 0 bridgehead atoms. The molecule has 0 fully saturated rings. The second-order valence-corrected chi connectivity index (χ2v) is 10.9. The summed E-state index contributed by atoms with van der Waals surface area (Å²) in [5.41, 5.74) is 7.85. The number of amides is 1. The molecule has 46 heavy (non-hydrogen) atoms. The van der Waals surface area contributed by atoms with Crippen LogP contribution >= 0.6 is 0 Å². The summed E-state index contributed by atoms with van der Waals surface area (Å²) in [6.45, 7) is 13.6. The maximum atomic E-state index is 13.2. The third-order valence-corrected chi connectivity index (χ3v) is 7.64. The van der Waals surface area contributed by atoms with Gasteiger partial charge in [0.15, 0.2) is 11.5 Å². The Hall–Kier alpha value is -4.79. The molecule has 0 saturated heterocycles. The zero-order chi connectivity index (χ0) is 33.1. The van der Waals surface area contributed by atoms with Gasteiger partial charge in [-0.2, -0.15) is 0 Å². The number of imidazole rings is 1. The molecule has 5 rings (SSSR count). The van der Waals surface area contributed by atoms with E-state index in [0.29, 0.717) is 18.0 Å². The van der Waals surface area contributed by atoms with E-state index < -0.39 is 0 Å². The Balaban J connectivity index is 0.00000235. The minimum Gasteiger partial charge on any atom is -0.372 e. The van der Waals surface area contributed by atoms with Crippen LogP contribution in [0.1, 0.15) is 56.5 Å². The Morgan fingerprint density at radius 3 is 2.63 bits per heavy atom. The van der Waals surface area contributed by atoms with E-state index in [1.165, 1.54) is 5.57 Å². The summed E-state index contributed by atoms with van der Waals surface area (Å²) < 4.78 is 8.12. The lowest BCUT2D eigenvalue weighted by atomic mass is 9.97. The second kappa shape index (κ2) is 16.5. The molecular weight excluding hydrogens is 572 g/mol. The van der Waals surface area contributed by atoms with E-state index in [4.69, 9.17) is 9.72 Å². The predicted molar refractivity (Wildman–Crippen MR) is 191 cm³/mol. The van der Waals surface area contributed by atoms with Crippen LogP contribution in [0.15, 0.2) is 109 Å². The molecule has 2 aromatic heterocycles. The minimum absolute atomic E-state index is 0.0841. The molecule has 4 aromatic rings. The summed E-state index contributed by atoms with van der Waals surface area (Å²) in [5.74, 6) is 0.455. The van der Waals surface area contributed by atoms with Gasteiger partial charge in [0.2, 0.25) is 0 Å². The van der Waals surface area contributed by atoms with Crippen molar-refractivity contribution in [3.05, 3.63) is 120 Å². The Labute approximate surface area is 273 Å². The smallest absolute Gasteiger partial charge is 0.255 e. The number of carbonyl (C=O) groups excluding carboxylic acids is 1. The van der Waals surface area contributed by atoms with Gasteiger partial charge in [-0.3, -0.25) is 4.79 Å². The van der Waals surface area contributed by atoms with Gasteiger partial charge in [0.25, 0.3) is 5.91 Å². The number of allylic oxidation sites excluding steroid dienone is 4. The zero-order valence-corrected chi connectivity index (χ0v) is 27.9. The van der Waals surface area contributed by atoms with Crippen molar-refractivity contribution in [3.8, 4) is 11.3 Å². The van der Waals surface area contributed by atoms with Gasteiger partial charge in [0.05, 0.1) is 18.4 Å². The van der Waals surface area contributed by atoms with Gasteiger partial charge < -0.3 is 24.7 Å². The van der Waals surface area contributed by atoms with Crippen LogP contribution in [0.4, 0.5) is 11.5 Å². The average molecular weight is 619 g/mol. The Morgan fingerprint density at radius 1 is 1.15 bits per heavy atom. The van der Waals surface area contributed by atoms with Gasteiger partial charge in [-0.1, -0.05) is 69.8 Å². The highest BCUT2D eigenvalue weighted by Crippen LogP contribution is 2.28. The van der Waals surface area contributed by atoms with Crippen LogP contribution in [0.2, 0.25) is 0 Å². The number of likely N-dealkylation sites (N-methyl/N-ethyl adjacent to an activating group) is 1. The number of aromatic nitrogens is 3. The van der Waals surface area contributed by atoms with Crippen molar-refractivity contribution in [2.75, 3.05) is 37.9 Å². The van der Waals surface area contributed by atoms with Gasteiger partial charge in [0, 0.05) is 47.6 Å². The Kier molecular flexibility index (Phi) is 12.2. The van der Waals surface area contributed by atoms with Crippen LogP contribution in [-0.4, -0.2) is 58.5 Å². The summed E-state index contributed by atoms with van der Waals surface area (Å²) in [6.07, 6.45) is 15.5.